The molecule has 0 atom stereocenters. The summed E-state index contributed by atoms with van der Waals surface area (Å²) in [6.07, 6.45) is 4.85. The van der Waals surface area contributed by atoms with Crippen LogP contribution in [0.5, 0.6) is 0 Å². The van der Waals surface area contributed by atoms with E-state index in [-0.39, 0.29) is 0 Å². The maximum absolute atomic E-state index is 11.8. The first-order chi connectivity index (χ1) is 18.6. The molecule has 0 saturated heterocycles. The van der Waals surface area contributed by atoms with Gasteiger partial charge in [-0.05, 0) is 54.2 Å². The van der Waals surface area contributed by atoms with E-state index in [0.717, 1.165) is 53.9 Å². The van der Waals surface area contributed by atoms with Gasteiger partial charge in [0.25, 0.3) is 5.91 Å². The van der Waals surface area contributed by atoms with Crippen LogP contribution in [0.3, 0.4) is 0 Å². The molecule has 0 saturated carbocycles. The van der Waals surface area contributed by atoms with Gasteiger partial charge in [0, 0.05) is 35.9 Å². The number of hydroxylamine groups is 1. The molecule has 7 heteroatoms. The standard InChI is InChI=1S/C31H29N5O2/c1-2-35-20-27-28(32-35)16-15-26-29(17-21-7-4-3-5-8-21)33-36(30(26)27)19-22-11-13-23(14-12-22)24-9-6-10-25(18-24)31(37)34-38/h3-14,18,20,38H,2,15-17,19H2,1H3,(H,34,37). The molecule has 2 N–H and O–H groups in total. The monoisotopic (exact) mass is 503 g/mol. The van der Waals surface area contributed by atoms with Crippen molar-refractivity contribution in [3.05, 3.63) is 119 Å². The molecule has 1 amide bonds. The molecule has 2 aromatic heterocycles. The van der Waals surface area contributed by atoms with Gasteiger partial charge in [-0.3, -0.25) is 19.4 Å². The molecule has 5 aromatic rings. The van der Waals surface area contributed by atoms with E-state index in [0.29, 0.717) is 12.1 Å². The number of carbonyl (C=O) groups excluding carboxylic acids is 1. The number of rotatable bonds is 7. The van der Waals surface area contributed by atoms with Crippen LogP contribution in [-0.2, 0) is 32.4 Å². The van der Waals surface area contributed by atoms with E-state index >= 15 is 0 Å². The molecule has 38 heavy (non-hydrogen) atoms. The third-order valence-electron chi connectivity index (χ3n) is 7.22. The molecule has 0 fully saturated rings. The number of aromatic nitrogens is 4. The van der Waals surface area contributed by atoms with Crippen molar-refractivity contribution >= 4 is 5.91 Å². The summed E-state index contributed by atoms with van der Waals surface area (Å²) in [5.41, 5.74) is 12.4. The average molecular weight is 504 g/mol. The van der Waals surface area contributed by atoms with Gasteiger partial charge in [-0.25, -0.2) is 5.48 Å². The number of aryl methyl sites for hydroxylation is 2. The summed E-state index contributed by atoms with van der Waals surface area (Å²) < 4.78 is 4.17. The SMILES string of the molecule is CCn1cc2c(n1)CCc1c(Cc3ccccc3)nn(Cc3ccc(-c4cccc(C(=O)NO)c4)cc3)c1-2. The molecule has 1 aliphatic carbocycles. The third-order valence-corrected chi connectivity index (χ3v) is 7.22. The van der Waals surface area contributed by atoms with Crippen molar-refractivity contribution in [1.82, 2.24) is 25.0 Å². The van der Waals surface area contributed by atoms with Gasteiger partial charge >= 0.3 is 0 Å². The van der Waals surface area contributed by atoms with Crippen LogP contribution in [0.15, 0.2) is 85.1 Å². The molecular formula is C31H29N5O2. The fourth-order valence-electron chi connectivity index (χ4n) is 5.29. The number of benzene rings is 3. The van der Waals surface area contributed by atoms with E-state index in [1.54, 1.807) is 17.6 Å². The lowest BCUT2D eigenvalue weighted by Crippen LogP contribution is -2.18. The Hall–Kier alpha value is -4.49. The van der Waals surface area contributed by atoms with Crippen molar-refractivity contribution in [1.29, 1.82) is 0 Å². The largest absolute Gasteiger partial charge is 0.288 e. The predicted octanol–water partition coefficient (Wildman–Crippen LogP) is 5.29. The minimum Gasteiger partial charge on any atom is -0.288 e. The molecule has 6 rings (SSSR count). The summed E-state index contributed by atoms with van der Waals surface area (Å²) >= 11 is 0. The van der Waals surface area contributed by atoms with Crippen molar-refractivity contribution in [3.63, 3.8) is 0 Å². The summed E-state index contributed by atoms with van der Waals surface area (Å²) in [7, 11) is 0. The van der Waals surface area contributed by atoms with Crippen LogP contribution in [0.25, 0.3) is 22.4 Å². The van der Waals surface area contributed by atoms with Gasteiger partial charge in [0.05, 0.1) is 23.6 Å². The zero-order valence-corrected chi connectivity index (χ0v) is 21.3. The topological polar surface area (TPSA) is 85.0 Å². The van der Waals surface area contributed by atoms with Crippen LogP contribution in [0.2, 0.25) is 0 Å². The fraction of sp³-hybridized carbons (Fsp3) is 0.194. The van der Waals surface area contributed by atoms with Crippen LogP contribution in [-0.4, -0.2) is 30.7 Å². The normalized spacial score (nSPS) is 12.2. The summed E-state index contributed by atoms with van der Waals surface area (Å²) in [5.74, 6) is -0.524. The van der Waals surface area contributed by atoms with Gasteiger partial charge in [0.2, 0.25) is 0 Å². The highest BCUT2D eigenvalue weighted by Crippen LogP contribution is 2.36. The van der Waals surface area contributed by atoms with E-state index < -0.39 is 5.91 Å². The van der Waals surface area contributed by atoms with Gasteiger partial charge in [0.15, 0.2) is 0 Å². The third kappa shape index (κ3) is 4.53. The number of nitrogens with zero attached hydrogens (tertiary/aromatic N) is 4. The molecule has 0 spiro atoms. The Morgan fingerprint density at radius 3 is 2.50 bits per heavy atom. The Kier molecular flexibility index (Phi) is 6.35. The Labute approximate surface area is 221 Å². The minimum absolute atomic E-state index is 0.409. The van der Waals surface area contributed by atoms with E-state index in [1.807, 2.05) is 22.9 Å². The highest BCUT2D eigenvalue weighted by atomic mass is 16.5. The van der Waals surface area contributed by atoms with Crippen molar-refractivity contribution in [3.8, 4) is 22.4 Å². The predicted molar refractivity (Wildman–Crippen MR) is 146 cm³/mol. The molecule has 2 heterocycles. The second-order valence-electron chi connectivity index (χ2n) is 9.66. The maximum Gasteiger partial charge on any atom is 0.274 e. The fourth-order valence-corrected chi connectivity index (χ4v) is 5.29. The van der Waals surface area contributed by atoms with Crippen molar-refractivity contribution in [2.24, 2.45) is 0 Å². The highest BCUT2D eigenvalue weighted by molar-refractivity contribution is 5.94. The highest BCUT2D eigenvalue weighted by Gasteiger charge is 2.27. The molecule has 7 nitrogen and oxygen atoms in total. The Bertz CT molecular complexity index is 1600. The van der Waals surface area contributed by atoms with Crippen LogP contribution in [0.1, 0.15) is 45.4 Å². The molecular weight excluding hydrogens is 474 g/mol. The van der Waals surface area contributed by atoms with Crippen LogP contribution in [0, 0.1) is 0 Å². The lowest BCUT2D eigenvalue weighted by atomic mass is 9.92. The lowest BCUT2D eigenvalue weighted by molar-refractivity contribution is 0.0706. The number of amides is 1. The Balaban J connectivity index is 1.34. The molecule has 1 aliphatic rings. The lowest BCUT2D eigenvalue weighted by Gasteiger charge is -2.15. The first-order valence-corrected chi connectivity index (χ1v) is 13.0. The first-order valence-electron chi connectivity index (χ1n) is 13.0. The number of carbonyl (C=O) groups is 1. The van der Waals surface area contributed by atoms with Gasteiger partial charge < -0.3 is 0 Å². The minimum atomic E-state index is -0.524. The number of hydrogen-bond acceptors (Lipinski definition) is 4. The molecule has 0 unspecified atom stereocenters. The zero-order valence-electron chi connectivity index (χ0n) is 21.3. The van der Waals surface area contributed by atoms with Crippen molar-refractivity contribution in [2.75, 3.05) is 0 Å². The molecule has 3 aromatic carbocycles. The Morgan fingerprint density at radius 1 is 0.921 bits per heavy atom. The molecule has 0 bridgehead atoms. The molecule has 0 radical (unpaired) electrons. The Morgan fingerprint density at radius 2 is 1.74 bits per heavy atom. The summed E-state index contributed by atoms with van der Waals surface area (Å²) in [5, 5.41) is 18.9. The van der Waals surface area contributed by atoms with Crippen LogP contribution in [0.4, 0.5) is 0 Å². The molecule has 190 valence electrons. The summed E-state index contributed by atoms with van der Waals surface area (Å²) in [6.45, 7) is 3.61. The maximum atomic E-state index is 11.8. The van der Waals surface area contributed by atoms with E-state index in [9.17, 15) is 4.79 Å². The second kappa shape index (κ2) is 10.1. The van der Waals surface area contributed by atoms with Crippen molar-refractivity contribution < 1.29 is 10.0 Å². The van der Waals surface area contributed by atoms with E-state index in [2.05, 4.69) is 66.3 Å². The zero-order chi connectivity index (χ0) is 26.1. The molecule has 0 aliphatic heterocycles. The van der Waals surface area contributed by atoms with E-state index in [1.165, 1.54) is 22.4 Å². The summed E-state index contributed by atoms with van der Waals surface area (Å²) in [6, 6.07) is 26.1. The van der Waals surface area contributed by atoms with Gasteiger partial charge in [-0.15, -0.1) is 0 Å². The quantitative estimate of drug-likeness (QED) is 0.233. The number of nitrogens with one attached hydrogen (secondary N) is 1. The van der Waals surface area contributed by atoms with Crippen LogP contribution >= 0.6 is 0 Å². The number of hydrogen-bond donors (Lipinski definition) is 2. The van der Waals surface area contributed by atoms with Crippen LogP contribution < -0.4 is 5.48 Å². The van der Waals surface area contributed by atoms with Gasteiger partial charge in [-0.1, -0.05) is 66.7 Å². The number of fused-ring (bicyclic) bond motifs is 3. The van der Waals surface area contributed by atoms with Crippen molar-refractivity contribution in [2.45, 2.75) is 39.3 Å². The van der Waals surface area contributed by atoms with Gasteiger partial charge in [0.1, 0.15) is 0 Å². The van der Waals surface area contributed by atoms with E-state index in [4.69, 9.17) is 15.4 Å². The first kappa shape index (κ1) is 23.9. The average Bonchev–Trinajstić information content (AvgIpc) is 3.54. The second-order valence-corrected chi connectivity index (χ2v) is 9.66. The smallest absolute Gasteiger partial charge is 0.274 e. The summed E-state index contributed by atoms with van der Waals surface area (Å²) in [4.78, 5) is 11.8. The van der Waals surface area contributed by atoms with Gasteiger partial charge in [-0.2, -0.15) is 10.2 Å².